The Balaban J connectivity index is 2.33. The minimum Gasteiger partial charge on any atom is -0.343 e. The molecule has 0 aliphatic carbocycles. The van der Waals surface area contributed by atoms with Gasteiger partial charge in [0.15, 0.2) is 0 Å². The Labute approximate surface area is 86.9 Å². The van der Waals surface area contributed by atoms with Gasteiger partial charge in [-0.15, -0.1) is 0 Å². The van der Waals surface area contributed by atoms with E-state index in [0.717, 1.165) is 39.0 Å². The largest absolute Gasteiger partial charge is 0.343 e. The molecule has 0 atom stereocenters. The van der Waals surface area contributed by atoms with E-state index >= 15 is 0 Å². The first kappa shape index (κ1) is 11.5. The number of rotatable bonds is 3. The average molecular weight is 198 g/mol. The van der Waals surface area contributed by atoms with Crippen molar-refractivity contribution in [3.63, 3.8) is 0 Å². The highest BCUT2D eigenvalue weighted by Gasteiger charge is 2.14. The number of amides is 1. The molecule has 0 spiro atoms. The normalized spacial score (nSPS) is 19.6. The van der Waals surface area contributed by atoms with Crippen LogP contribution in [0.2, 0.25) is 0 Å². The zero-order chi connectivity index (χ0) is 10.4. The second-order valence-electron chi connectivity index (χ2n) is 4.42. The van der Waals surface area contributed by atoms with Crippen LogP contribution in [0.5, 0.6) is 0 Å². The fraction of sp³-hybridized carbons (Fsp3) is 0.909. The molecule has 0 radical (unpaired) electrons. The highest BCUT2D eigenvalue weighted by Crippen LogP contribution is 2.05. The van der Waals surface area contributed by atoms with Crippen LogP contribution in [0.1, 0.15) is 33.1 Å². The molecule has 1 amide bonds. The van der Waals surface area contributed by atoms with Crippen molar-refractivity contribution in [3.05, 3.63) is 0 Å². The van der Waals surface area contributed by atoms with Gasteiger partial charge >= 0.3 is 0 Å². The minimum atomic E-state index is 0.317. The molecule has 0 unspecified atom stereocenters. The van der Waals surface area contributed by atoms with E-state index in [1.54, 1.807) is 0 Å². The highest BCUT2D eigenvalue weighted by atomic mass is 16.2. The summed E-state index contributed by atoms with van der Waals surface area (Å²) in [6, 6.07) is 0. The lowest BCUT2D eigenvalue weighted by Crippen LogP contribution is -2.39. The van der Waals surface area contributed by atoms with Crippen molar-refractivity contribution in [1.29, 1.82) is 0 Å². The Morgan fingerprint density at radius 3 is 2.93 bits per heavy atom. The number of carbonyl (C=O) groups is 1. The minimum absolute atomic E-state index is 0.317. The molecule has 3 heteroatoms. The van der Waals surface area contributed by atoms with Gasteiger partial charge in [0.2, 0.25) is 5.91 Å². The number of hydrogen-bond donors (Lipinski definition) is 1. The summed E-state index contributed by atoms with van der Waals surface area (Å²) in [5, 5.41) is 3.26. The van der Waals surface area contributed by atoms with E-state index in [2.05, 4.69) is 19.2 Å². The Morgan fingerprint density at radius 2 is 2.21 bits per heavy atom. The summed E-state index contributed by atoms with van der Waals surface area (Å²) in [6.07, 6.45) is 2.88. The molecule has 0 aromatic rings. The third-order valence-corrected chi connectivity index (χ3v) is 2.63. The van der Waals surface area contributed by atoms with Crippen LogP contribution in [0, 0.1) is 5.92 Å². The van der Waals surface area contributed by atoms with Crippen molar-refractivity contribution in [1.82, 2.24) is 10.2 Å². The van der Waals surface area contributed by atoms with Gasteiger partial charge in [-0.2, -0.15) is 0 Å². The molecule has 0 aromatic heterocycles. The zero-order valence-corrected chi connectivity index (χ0v) is 9.38. The summed E-state index contributed by atoms with van der Waals surface area (Å²) in [7, 11) is 0. The van der Waals surface area contributed by atoms with Crippen LogP contribution in [-0.2, 0) is 4.79 Å². The fourth-order valence-electron chi connectivity index (χ4n) is 1.65. The molecule has 1 aliphatic heterocycles. The van der Waals surface area contributed by atoms with Crippen molar-refractivity contribution >= 4 is 5.91 Å². The second-order valence-corrected chi connectivity index (χ2v) is 4.42. The van der Waals surface area contributed by atoms with Crippen molar-refractivity contribution in [2.24, 2.45) is 5.92 Å². The summed E-state index contributed by atoms with van der Waals surface area (Å²) in [6.45, 7) is 8.17. The summed E-state index contributed by atoms with van der Waals surface area (Å²) in [5.41, 5.74) is 0. The molecule has 14 heavy (non-hydrogen) atoms. The quantitative estimate of drug-likeness (QED) is 0.740. The second kappa shape index (κ2) is 6.02. The summed E-state index contributed by atoms with van der Waals surface area (Å²) >= 11 is 0. The number of nitrogens with one attached hydrogen (secondary N) is 1. The number of hydrogen-bond acceptors (Lipinski definition) is 2. The maximum Gasteiger partial charge on any atom is 0.223 e. The maximum absolute atomic E-state index is 11.7. The van der Waals surface area contributed by atoms with Crippen LogP contribution in [0.4, 0.5) is 0 Å². The topological polar surface area (TPSA) is 32.3 Å². The number of carbonyl (C=O) groups excluding carboxylic acids is 1. The lowest BCUT2D eigenvalue weighted by molar-refractivity contribution is -0.131. The van der Waals surface area contributed by atoms with Gasteiger partial charge in [-0.05, 0) is 25.3 Å². The molecule has 1 fully saturated rings. The van der Waals surface area contributed by atoms with Gasteiger partial charge in [-0.3, -0.25) is 4.79 Å². The molecule has 1 aliphatic rings. The van der Waals surface area contributed by atoms with E-state index in [4.69, 9.17) is 0 Å². The predicted octanol–water partition coefficient (Wildman–Crippen LogP) is 1.24. The third kappa shape index (κ3) is 4.09. The average Bonchev–Trinajstić information content (AvgIpc) is 2.10. The Bertz CT molecular complexity index is 180. The van der Waals surface area contributed by atoms with Crippen LogP contribution >= 0.6 is 0 Å². The molecule has 0 aromatic carbocycles. The molecule has 0 saturated carbocycles. The van der Waals surface area contributed by atoms with Gasteiger partial charge in [0, 0.05) is 26.1 Å². The Morgan fingerprint density at radius 1 is 1.43 bits per heavy atom. The van der Waals surface area contributed by atoms with Crippen LogP contribution in [0.15, 0.2) is 0 Å². The molecule has 1 N–H and O–H groups in total. The van der Waals surface area contributed by atoms with Gasteiger partial charge in [0.25, 0.3) is 0 Å². The molecule has 82 valence electrons. The van der Waals surface area contributed by atoms with E-state index in [1.165, 1.54) is 0 Å². The van der Waals surface area contributed by atoms with E-state index in [0.29, 0.717) is 18.2 Å². The molecule has 1 saturated heterocycles. The third-order valence-electron chi connectivity index (χ3n) is 2.63. The molecule has 0 bridgehead atoms. The predicted molar refractivity (Wildman–Crippen MR) is 58.1 cm³/mol. The standard InChI is InChI=1S/C11H22N2O/c1-10(2)5-9-13-8-3-6-12-7-4-11(13)14/h10,12H,3-9H2,1-2H3. The van der Waals surface area contributed by atoms with E-state index in [-0.39, 0.29) is 0 Å². The maximum atomic E-state index is 11.7. The first-order chi connectivity index (χ1) is 6.70. The van der Waals surface area contributed by atoms with E-state index in [1.807, 2.05) is 4.90 Å². The lowest BCUT2D eigenvalue weighted by Gasteiger charge is -2.25. The van der Waals surface area contributed by atoms with Gasteiger partial charge in [-0.25, -0.2) is 0 Å². The van der Waals surface area contributed by atoms with Gasteiger partial charge < -0.3 is 10.2 Å². The smallest absolute Gasteiger partial charge is 0.223 e. The Hall–Kier alpha value is -0.570. The van der Waals surface area contributed by atoms with Crippen LogP contribution < -0.4 is 5.32 Å². The van der Waals surface area contributed by atoms with Crippen LogP contribution in [-0.4, -0.2) is 37.0 Å². The highest BCUT2D eigenvalue weighted by molar-refractivity contribution is 5.76. The number of nitrogens with zero attached hydrogens (tertiary/aromatic N) is 1. The van der Waals surface area contributed by atoms with Crippen molar-refractivity contribution in [2.45, 2.75) is 33.1 Å². The van der Waals surface area contributed by atoms with Crippen molar-refractivity contribution in [2.75, 3.05) is 26.2 Å². The SMILES string of the molecule is CC(C)CCN1CCCNCCC1=O. The summed E-state index contributed by atoms with van der Waals surface area (Å²) in [4.78, 5) is 13.7. The van der Waals surface area contributed by atoms with Gasteiger partial charge in [-0.1, -0.05) is 13.8 Å². The van der Waals surface area contributed by atoms with Crippen LogP contribution in [0.3, 0.4) is 0 Å². The van der Waals surface area contributed by atoms with Gasteiger partial charge in [0.05, 0.1) is 0 Å². The molecular weight excluding hydrogens is 176 g/mol. The molecule has 3 nitrogen and oxygen atoms in total. The summed E-state index contributed by atoms with van der Waals surface area (Å²) in [5.74, 6) is 1.00. The fourth-order valence-corrected chi connectivity index (χ4v) is 1.65. The van der Waals surface area contributed by atoms with E-state index in [9.17, 15) is 4.79 Å². The lowest BCUT2D eigenvalue weighted by atomic mass is 10.1. The van der Waals surface area contributed by atoms with Gasteiger partial charge in [0.1, 0.15) is 0 Å². The molecular formula is C11H22N2O. The van der Waals surface area contributed by atoms with Crippen molar-refractivity contribution < 1.29 is 4.79 Å². The first-order valence-corrected chi connectivity index (χ1v) is 5.68. The van der Waals surface area contributed by atoms with Crippen LogP contribution in [0.25, 0.3) is 0 Å². The monoisotopic (exact) mass is 198 g/mol. The molecule has 1 heterocycles. The van der Waals surface area contributed by atoms with E-state index < -0.39 is 0 Å². The molecule has 1 rings (SSSR count). The first-order valence-electron chi connectivity index (χ1n) is 5.68. The summed E-state index contributed by atoms with van der Waals surface area (Å²) < 4.78 is 0. The Kier molecular flexibility index (Phi) is 4.94. The van der Waals surface area contributed by atoms with Crippen molar-refractivity contribution in [3.8, 4) is 0 Å². The zero-order valence-electron chi connectivity index (χ0n) is 9.38.